The summed E-state index contributed by atoms with van der Waals surface area (Å²) in [5.74, 6) is 0. The number of nitrogens with one attached hydrogen (secondary N) is 2. The molecule has 1 heterocycles. The molecule has 4 nitrogen and oxygen atoms in total. The minimum Gasteiger partial charge on any atom is -0.316 e. The molecule has 0 aliphatic rings. The maximum absolute atomic E-state index is 11.5. The Morgan fingerprint density at radius 1 is 1.40 bits per heavy atom. The van der Waals surface area contributed by atoms with Gasteiger partial charge in [-0.1, -0.05) is 13.0 Å². The molecule has 0 amide bonds. The van der Waals surface area contributed by atoms with Crippen molar-refractivity contribution >= 4 is 33.8 Å². The van der Waals surface area contributed by atoms with Crippen LogP contribution in [0.1, 0.15) is 6.92 Å². The third-order valence-corrected chi connectivity index (χ3v) is 4.46. The van der Waals surface area contributed by atoms with Crippen LogP contribution in [0.15, 0.2) is 21.7 Å². The Morgan fingerprint density at radius 2 is 2.13 bits per heavy atom. The second-order valence-corrected chi connectivity index (χ2v) is 5.62. The van der Waals surface area contributed by atoms with Gasteiger partial charge in [0.05, 0.1) is 0 Å². The van der Waals surface area contributed by atoms with Crippen molar-refractivity contribution in [2.75, 3.05) is 19.6 Å². The maximum atomic E-state index is 11.5. The lowest BCUT2D eigenvalue weighted by Crippen LogP contribution is -2.31. The fraction of sp³-hybridized carbons (Fsp3) is 0.500. The minimum absolute atomic E-state index is 0. The van der Waals surface area contributed by atoms with Crippen LogP contribution in [0, 0.1) is 0 Å². The van der Waals surface area contributed by atoms with Crippen LogP contribution in [0.2, 0.25) is 0 Å². The molecule has 1 aromatic rings. The Hall–Kier alpha value is -0.140. The topological polar surface area (TPSA) is 58.2 Å². The number of hydrogen-bond donors (Lipinski definition) is 2. The molecular formula is C8H15ClN2O2S2. The van der Waals surface area contributed by atoms with Crippen LogP contribution in [0.25, 0.3) is 0 Å². The molecule has 2 N–H and O–H groups in total. The fourth-order valence-electron chi connectivity index (χ4n) is 0.938. The number of likely N-dealkylation sites (N-methyl/N-ethyl adjacent to an activating group) is 1. The first-order valence-electron chi connectivity index (χ1n) is 4.40. The van der Waals surface area contributed by atoms with Crippen molar-refractivity contribution in [2.45, 2.75) is 11.1 Å². The maximum Gasteiger partial charge on any atom is 0.250 e. The summed E-state index contributed by atoms with van der Waals surface area (Å²) in [5, 5.41) is 4.79. The van der Waals surface area contributed by atoms with Crippen LogP contribution in [-0.4, -0.2) is 28.1 Å². The monoisotopic (exact) mass is 270 g/mol. The number of hydrogen-bond acceptors (Lipinski definition) is 4. The Bertz CT molecular complexity index is 351. The van der Waals surface area contributed by atoms with E-state index in [9.17, 15) is 8.42 Å². The third kappa shape index (κ3) is 4.94. The molecule has 0 aliphatic heterocycles. The van der Waals surface area contributed by atoms with E-state index in [1.165, 1.54) is 11.3 Å². The summed E-state index contributed by atoms with van der Waals surface area (Å²) in [7, 11) is -3.27. The van der Waals surface area contributed by atoms with E-state index in [0.717, 1.165) is 6.54 Å². The van der Waals surface area contributed by atoms with Crippen molar-refractivity contribution in [3.05, 3.63) is 17.5 Å². The van der Waals surface area contributed by atoms with Crippen LogP contribution >= 0.6 is 23.7 Å². The zero-order valence-electron chi connectivity index (χ0n) is 8.39. The first-order valence-corrected chi connectivity index (χ1v) is 6.77. The predicted octanol–water partition coefficient (Wildman–Crippen LogP) is 1.06. The molecule has 15 heavy (non-hydrogen) atoms. The van der Waals surface area contributed by atoms with Crippen molar-refractivity contribution in [2.24, 2.45) is 0 Å². The molecule has 0 aromatic carbocycles. The van der Waals surface area contributed by atoms with Gasteiger partial charge in [-0.2, -0.15) is 0 Å². The number of sulfonamides is 1. The molecular weight excluding hydrogens is 256 g/mol. The molecule has 0 spiro atoms. The lowest BCUT2D eigenvalue weighted by Gasteiger charge is -2.04. The normalized spacial score (nSPS) is 11.0. The zero-order valence-corrected chi connectivity index (χ0v) is 10.8. The predicted molar refractivity (Wildman–Crippen MR) is 65.3 cm³/mol. The Morgan fingerprint density at radius 3 is 2.67 bits per heavy atom. The fourth-order valence-corrected chi connectivity index (χ4v) is 3.01. The summed E-state index contributed by atoms with van der Waals surface area (Å²) >= 11 is 1.22. The van der Waals surface area contributed by atoms with Crippen LogP contribution in [0.3, 0.4) is 0 Å². The van der Waals surface area contributed by atoms with Crippen LogP contribution in [0.4, 0.5) is 0 Å². The molecule has 0 saturated carbocycles. The quantitative estimate of drug-likeness (QED) is 0.760. The largest absolute Gasteiger partial charge is 0.316 e. The molecule has 0 aliphatic carbocycles. The summed E-state index contributed by atoms with van der Waals surface area (Å²) < 4.78 is 25.9. The molecule has 0 bridgehead atoms. The van der Waals surface area contributed by atoms with Gasteiger partial charge in [-0.15, -0.1) is 23.7 Å². The summed E-state index contributed by atoms with van der Waals surface area (Å²) in [5.41, 5.74) is 0. The highest BCUT2D eigenvalue weighted by molar-refractivity contribution is 7.91. The van der Waals surface area contributed by atoms with E-state index < -0.39 is 10.0 Å². The van der Waals surface area contributed by atoms with Crippen molar-refractivity contribution in [3.8, 4) is 0 Å². The van der Waals surface area contributed by atoms with Crippen molar-refractivity contribution in [1.29, 1.82) is 0 Å². The summed E-state index contributed by atoms with van der Waals surface area (Å²) in [6.45, 7) is 3.91. The SMILES string of the molecule is CCNCCNS(=O)(=O)c1cccs1.Cl. The van der Waals surface area contributed by atoms with Gasteiger partial charge in [-0.05, 0) is 18.0 Å². The average molecular weight is 271 g/mol. The van der Waals surface area contributed by atoms with E-state index in [1.807, 2.05) is 6.92 Å². The van der Waals surface area contributed by atoms with Gasteiger partial charge in [0.2, 0.25) is 10.0 Å². The van der Waals surface area contributed by atoms with E-state index in [2.05, 4.69) is 10.0 Å². The van der Waals surface area contributed by atoms with Gasteiger partial charge in [-0.3, -0.25) is 0 Å². The van der Waals surface area contributed by atoms with Gasteiger partial charge in [0.1, 0.15) is 4.21 Å². The van der Waals surface area contributed by atoms with Crippen molar-refractivity contribution < 1.29 is 8.42 Å². The summed E-state index contributed by atoms with van der Waals surface area (Å²) in [4.78, 5) is 0. The zero-order chi connectivity index (χ0) is 10.4. The van der Waals surface area contributed by atoms with E-state index in [1.54, 1.807) is 17.5 Å². The van der Waals surface area contributed by atoms with Gasteiger partial charge in [0.25, 0.3) is 0 Å². The van der Waals surface area contributed by atoms with E-state index in [4.69, 9.17) is 0 Å². The van der Waals surface area contributed by atoms with Gasteiger partial charge in [0.15, 0.2) is 0 Å². The second kappa shape index (κ2) is 7.19. The van der Waals surface area contributed by atoms with Gasteiger partial charge in [-0.25, -0.2) is 13.1 Å². The molecule has 88 valence electrons. The molecule has 0 atom stereocenters. The molecule has 0 radical (unpaired) electrons. The summed E-state index contributed by atoms with van der Waals surface area (Å²) in [6, 6.07) is 3.32. The Labute approximate surface area is 101 Å². The standard InChI is InChI=1S/C8H14N2O2S2.ClH/c1-2-9-5-6-10-14(11,12)8-4-3-7-13-8;/h3-4,7,9-10H,2,5-6H2,1H3;1H. The third-order valence-electron chi connectivity index (χ3n) is 1.60. The number of halogens is 1. The molecule has 0 saturated heterocycles. The lowest BCUT2D eigenvalue weighted by molar-refractivity contribution is 0.579. The molecule has 7 heteroatoms. The van der Waals surface area contributed by atoms with Gasteiger partial charge >= 0.3 is 0 Å². The first kappa shape index (κ1) is 14.9. The van der Waals surface area contributed by atoms with Crippen LogP contribution < -0.4 is 10.0 Å². The highest BCUT2D eigenvalue weighted by Gasteiger charge is 2.13. The average Bonchev–Trinajstić information content (AvgIpc) is 2.65. The molecule has 1 aromatic heterocycles. The van der Waals surface area contributed by atoms with Gasteiger partial charge < -0.3 is 5.32 Å². The highest BCUT2D eigenvalue weighted by atomic mass is 35.5. The van der Waals surface area contributed by atoms with Crippen LogP contribution in [0.5, 0.6) is 0 Å². The van der Waals surface area contributed by atoms with E-state index >= 15 is 0 Å². The number of rotatable bonds is 6. The smallest absolute Gasteiger partial charge is 0.250 e. The Balaban J connectivity index is 0.00000196. The number of thiophene rings is 1. The second-order valence-electron chi connectivity index (χ2n) is 2.68. The Kier molecular flexibility index (Phi) is 7.12. The molecule has 1 rings (SSSR count). The molecule has 0 fully saturated rings. The molecule has 0 unspecified atom stereocenters. The first-order chi connectivity index (χ1) is 6.67. The van der Waals surface area contributed by atoms with Gasteiger partial charge in [0, 0.05) is 13.1 Å². The highest BCUT2D eigenvalue weighted by Crippen LogP contribution is 2.14. The minimum atomic E-state index is -3.27. The van der Waals surface area contributed by atoms with Crippen molar-refractivity contribution in [3.63, 3.8) is 0 Å². The summed E-state index contributed by atoms with van der Waals surface area (Å²) in [6.07, 6.45) is 0. The van der Waals surface area contributed by atoms with E-state index in [-0.39, 0.29) is 12.4 Å². The van der Waals surface area contributed by atoms with Crippen LogP contribution in [-0.2, 0) is 10.0 Å². The van der Waals surface area contributed by atoms with E-state index in [0.29, 0.717) is 17.3 Å². The lowest BCUT2D eigenvalue weighted by atomic mass is 10.6. The van der Waals surface area contributed by atoms with Crippen molar-refractivity contribution in [1.82, 2.24) is 10.0 Å².